The molecule has 0 saturated carbocycles. The van der Waals surface area contributed by atoms with E-state index in [4.69, 9.17) is 4.52 Å². The van der Waals surface area contributed by atoms with Gasteiger partial charge in [0.2, 0.25) is 17.6 Å². The van der Waals surface area contributed by atoms with Crippen molar-refractivity contribution in [3.63, 3.8) is 0 Å². The second-order valence-corrected chi connectivity index (χ2v) is 9.38. The summed E-state index contributed by atoms with van der Waals surface area (Å²) in [7, 11) is -0.596. The average Bonchev–Trinajstić information content (AvgIpc) is 3.18. The molecule has 1 amide bonds. The molecule has 0 spiro atoms. The van der Waals surface area contributed by atoms with Crippen molar-refractivity contribution in [3.05, 3.63) is 36.2 Å². The molecule has 1 saturated heterocycles. The molecule has 0 aliphatic carbocycles. The Kier molecular flexibility index (Phi) is 6.99. The van der Waals surface area contributed by atoms with E-state index in [1.807, 2.05) is 30.3 Å². The summed E-state index contributed by atoms with van der Waals surface area (Å²) in [5.41, 5.74) is 0.871. The molecule has 2 heterocycles. The summed E-state index contributed by atoms with van der Waals surface area (Å²) < 4.78 is 33.1. The number of nitrogens with one attached hydrogen (secondary N) is 1. The number of nitrogens with zero attached hydrogens (tertiary/aromatic N) is 4. The minimum absolute atomic E-state index is 0.0535. The van der Waals surface area contributed by atoms with E-state index >= 15 is 0 Å². The van der Waals surface area contributed by atoms with Gasteiger partial charge in [0.1, 0.15) is 0 Å². The predicted molar refractivity (Wildman–Crippen MR) is 108 cm³/mol. The van der Waals surface area contributed by atoms with Crippen molar-refractivity contribution in [2.75, 3.05) is 33.7 Å². The SMILES string of the molecule is CN(C)S(=O)(=O)N1CCCC(c2nc(-c3ccccc3)no2)CCNC(=O)CC1. The Morgan fingerprint density at radius 1 is 1.17 bits per heavy atom. The molecule has 1 N–H and O–H groups in total. The molecular weight excluding hydrogens is 394 g/mol. The van der Waals surface area contributed by atoms with Crippen LogP contribution in [0.25, 0.3) is 11.4 Å². The fraction of sp³-hybridized carbons (Fsp3) is 0.526. The molecule has 1 fully saturated rings. The van der Waals surface area contributed by atoms with Gasteiger partial charge in [0.15, 0.2) is 0 Å². The second kappa shape index (κ2) is 9.47. The highest BCUT2D eigenvalue weighted by Crippen LogP contribution is 2.26. The second-order valence-electron chi connectivity index (χ2n) is 7.24. The van der Waals surface area contributed by atoms with Gasteiger partial charge >= 0.3 is 0 Å². The van der Waals surface area contributed by atoms with E-state index in [1.165, 1.54) is 22.7 Å². The Morgan fingerprint density at radius 2 is 1.93 bits per heavy atom. The lowest BCUT2D eigenvalue weighted by molar-refractivity contribution is -0.121. The quantitative estimate of drug-likeness (QED) is 0.804. The van der Waals surface area contributed by atoms with Gasteiger partial charge in [-0.25, -0.2) is 0 Å². The summed E-state index contributed by atoms with van der Waals surface area (Å²) in [5, 5.41) is 6.94. The molecule has 10 heteroatoms. The maximum Gasteiger partial charge on any atom is 0.281 e. The summed E-state index contributed by atoms with van der Waals surface area (Å²) in [5.74, 6) is 0.817. The molecule has 1 aromatic heterocycles. The first-order chi connectivity index (χ1) is 13.9. The molecule has 1 atom stereocenters. The molecule has 2 aromatic rings. The van der Waals surface area contributed by atoms with Gasteiger partial charge in [-0.15, -0.1) is 0 Å². The molecule has 1 aromatic carbocycles. The normalized spacial score (nSPS) is 20.2. The zero-order valence-electron chi connectivity index (χ0n) is 16.7. The number of carbonyl (C=O) groups is 1. The third kappa shape index (κ3) is 5.40. The Morgan fingerprint density at radius 3 is 2.66 bits per heavy atom. The molecule has 158 valence electrons. The van der Waals surface area contributed by atoms with Crippen LogP contribution in [0, 0.1) is 0 Å². The van der Waals surface area contributed by atoms with Crippen LogP contribution in [-0.2, 0) is 15.0 Å². The minimum Gasteiger partial charge on any atom is -0.356 e. The Balaban J connectivity index is 1.75. The van der Waals surface area contributed by atoms with Crippen LogP contribution >= 0.6 is 0 Å². The first-order valence-corrected chi connectivity index (χ1v) is 11.1. The van der Waals surface area contributed by atoms with E-state index in [-0.39, 0.29) is 24.8 Å². The number of carbonyl (C=O) groups excluding carboxylic acids is 1. The zero-order valence-corrected chi connectivity index (χ0v) is 17.6. The molecule has 9 nitrogen and oxygen atoms in total. The summed E-state index contributed by atoms with van der Waals surface area (Å²) in [4.78, 5) is 16.6. The van der Waals surface area contributed by atoms with Crippen LogP contribution in [0.4, 0.5) is 0 Å². The third-order valence-electron chi connectivity index (χ3n) is 4.97. The van der Waals surface area contributed by atoms with Crippen LogP contribution in [0.2, 0.25) is 0 Å². The largest absolute Gasteiger partial charge is 0.356 e. The van der Waals surface area contributed by atoms with E-state index < -0.39 is 10.2 Å². The lowest BCUT2D eigenvalue weighted by atomic mass is 9.99. The fourth-order valence-corrected chi connectivity index (χ4v) is 4.43. The summed E-state index contributed by atoms with van der Waals surface area (Å²) in [6, 6.07) is 9.57. The molecule has 1 aliphatic rings. The van der Waals surface area contributed by atoms with Gasteiger partial charge in [-0.05, 0) is 19.3 Å². The van der Waals surface area contributed by atoms with E-state index in [1.54, 1.807) is 0 Å². The summed E-state index contributed by atoms with van der Waals surface area (Å²) >= 11 is 0. The topological polar surface area (TPSA) is 109 Å². The fourth-order valence-electron chi connectivity index (χ4n) is 3.28. The molecule has 1 unspecified atom stereocenters. The zero-order chi connectivity index (χ0) is 20.9. The lowest BCUT2D eigenvalue weighted by Gasteiger charge is -2.25. The third-order valence-corrected chi connectivity index (χ3v) is 6.91. The Hall–Kier alpha value is -2.30. The number of amides is 1. The molecule has 0 bridgehead atoms. The Labute approximate surface area is 171 Å². The molecule has 29 heavy (non-hydrogen) atoms. The van der Waals surface area contributed by atoms with Crippen LogP contribution in [0.3, 0.4) is 0 Å². The van der Waals surface area contributed by atoms with Gasteiger partial charge in [-0.3, -0.25) is 4.79 Å². The predicted octanol–water partition coefficient (Wildman–Crippen LogP) is 1.62. The van der Waals surface area contributed by atoms with Crippen molar-refractivity contribution >= 4 is 16.1 Å². The van der Waals surface area contributed by atoms with Gasteiger partial charge in [0, 0.05) is 51.6 Å². The Bertz CT molecular complexity index is 914. The van der Waals surface area contributed by atoms with E-state index in [0.29, 0.717) is 44.1 Å². The number of hydrogen-bond acceptors (Lipinski definition) is 6. The minimum atomic E-state index is -3.58. The van der Waals surface area contributed by atoms with Crippen LogP contribution in [0.15, 0.2) is 34.9 Å². The van der Waals surface area contributed by atoms with Gasteiger partial charge in [-0.2, -0.15) is 22.0 Å². The molecular formula is C19H27N5O4S. The average molecular weight is 422 g/mol. The first kappa shape index (κ1) is 21.4. The highest BCUT2D eigenvalue weighted by atomic mass is 32.2. The standard InChI is InChI=1S/C19H27N5O4S/c1-23(2)29(26,27)24-13-6-9-16(10-12-20-17(25)11-14-24)19-21-18(22-28-19)15-7-4-3-5-8-15/h3-5,7-8,16H,6,9-14H2,1-2H3,(H,20,25). The van der Waals surface area contributed by atoms with Crippen LogP contribution in [-0.4, -0.2) is 66.8 Å². The van der Waals surface area contributed by atoms with Crippen molar-refractivity contribution in [1.82, 2.24) is 24.1 Å². The highest BCUT2D eigenvalue weighted by molar-refractivity contribution is 7.86. The molecule has 0 radical (unpaired) electrons. The van der Waals surface area contributed by atoms with Crippen molar-refractivity contribution in [2.45, 2.75) is 31.6 Å². The van der Waals surface area contributed by atoms with Crippen molar-refractivity contribution in [1.29, 1.82) is 0 Å². The van der Waals surface area contributed by atoms with E-state index in [0.717, 1.165) is 5.56 Å². The maximum atomic E-state index is 12.5. The first-order valence-electron chi connectivity index (χ1n) is 9.71. The highest BCUT2D eigenvalue weighted by Gasteiger charge is 2.27. The van der Waals surface area contributed by atoms with E-state index in [9.17, 15) is 13.2 Å². The number of rotatable bonds is 4. The maximum absolute atomic E-state index is 12.5. The van der Waals surface area contributed by atoms with E-state index in [2.05, 4.69) is 15.5 Å². The van der Waals surface area contributed by atoms with Gasteiger partial charge in [0.25, 0.3) is 10.2 Å². The van der Waals surface area contributed by atoms with Crippen molar-refractivity contribution in [3.8, 4) is 11.4 Å². The van der Waals surface area contributed by atoms with Gasteiger partial charge < -0.3 is 9.84 Å². The number of benzene rings is 1. The molecule has 3 rings (SSSR count). The monoisotopic (exact) mass is 421 g/mol. The molecule has 1 aliphatic heterocycles. The lowest BCUT2D eigenvalue weighted by Crippen LogP contribution is -2.42. The van der Waals surface area contributed by atoms with Crippen molar-refractivity contribution in [2.24, 2.45) is 0 Å². The number of hydrogen-bond donors (Lipinski definition) is 1. The van der Waals surface area contributed by atoms with Crippen molar-refractivity contribution < 1.29 is 17.7 Å². The van der Waals surface area contributed by atoms with Gasteiger partial charge in [0.05, 0.1) is 0 Å². The van der Waals surface area contributed by atoms with Crippen LogP contribution in [0.1, 0.15) is 37.5 Å². The summed E-state index contributed by atoms with van der Waals surface area (Å²) in [6.07, 6.45) is 2.11. The number of aromatic nitrogens is 2. The summed E-state index contributed by atoms with van der Waals surface area (Å²) in [6.45, 7) is 0.979. The van der Waals surface area contributed by atoms with Crippen LogP contribution < -0.4 is 5.32 Å². The smallest absolute Gasteiger partial charge is 0.281 e. The van der Waals surface area contributed by atoms with Crippen LogP contribution in [0.5, 0.6) is 0 Å². The van der Waals surface area contributed by atoms with Gasteiger partial charge in [-0.1, -0.05) is 35.5 Å².